The molecule has 0 radical (unpaired) electrons. The summed E-state index contributed by atoms with van der Waals surface area (Å²) < 4.78 is 51.6. The smallest absolute Gasteiger partial charge is 0.243 e. The van der Waals surface area contributed by atoms with E-state index >= 15 is 0 Å². The topological polar surface area (TPSA) is 90.7 Å². The van der Waals surface area contributed by atoms with Crippen molar-refractivity contribution in [2.45, 2.75) is 30.2 Å². The zero-order valence-corrected chi connectivity index (χ0v) is 13.5. The summed E-state index contributed by atoms with van der Waals surface area (Å²) in [7, 11) is -1.27. The quantitative estimate of drug-likeness (QED) is 0.818. The molecule has 1 aromatic rings. The molecule has 22 heavy (non-hydrogen) atoms. The van der Waals surface area contributed by atoms with E-state index in [9.17, 15) is 12.8 Å². The van der Waals surface area contributed by atoms with Crippen LogP contribution in [-0.4, -0.2) is 35.2 Å². The first-order valence-corrected chi connectivity index (χ1v) is 8.55. The van der Waals surface area contributed by atoms with E-state index in [4.69, 9.17) is 15.2 Å². The average Bonchev–Trinajstić information content (AvgIpc) is 2.92. The summed E-state index contributed by atoms with van der Waals surface area (Å²) in [5.41, 5.74) is 5.65. The van der Waals surface area contributed by atoms with Gasteiger partial charge in [-0.1, -0.05) is 6.42 Å². The SMILES string of the molecule is COc1cc(F)c(S(=O)(=O)NC2CCCC2CN)cc1OC. The lowest BCUT2D eigenvalue weighted by molar-refractivity contribution is 0.350. The monoisotopic (exact) mass is 332 g/mol. The Labute approximate surface area is 129 Å². The summed E-state index contributed by atoms with van der Waals surface area (Å²) in [5.74, 6) is -0.504. The highest BCUT2D eigenvalue weighted by Crippen LogP contribution is 2.33. The fraction of sp³-hybridized carbons (Fsp3) is 0.571. The molecule has 6 nitrogen and oxygen atoms in total. The van der Waals surface area contributed by atoms with Gasteiger partial charge in [-0.3, -0.25) is 0 Å². The van der Waals surface area contributed by atoms with Gasteiger partial charge in [0.15, 0.2) is 11.5 Å². The van der Waals surface area contributed by atoms with Crippen molar-refractivity contribution in [3.8, 4) is 11.5 Å². The Bertz CT molecular complexity index is 636. The van der Waals surface area contributed by atoms with Crippen LogP contribution >= 0.6 is 0 Å². The lowest BCUT2D eigenvalue weighted by Gasteiger charge is -2.20. The number of ether oxygens (including phenoxy) is 2. The number of nitrogens with two attached hydrogens (primary N) is 1. The summed E-state index contributed by atoms with van der Waals surface area (Å²) in [6.07, 6.45) is 2.48. The zero-order valence-electron chi connectivity index (χ0n) is 12.6. The van der Waals surface area contributed by atoms with Crippen LogP contribution in [0.15, 0.2) is 17.0 Å². The number of rotatable bonds is 6. The summed E-state index contributed by atoms with van der Waals surface area (Å²) in [6, 6.07) is 1.87. The van der Waals surface area contributed by atoms with Gasteiger partial charge < -0.3 is 15.2 Å². The molecule has 0 spiro atoms. The van der Waals surface area contributed by atoms with E-state index in [1.54, 1.807) is 0 Å². The second-order valence-electron chi connectivity index (χ2n) is 5.29. The highest BCUT2D eigenvalue weighted by atomic mass is 32.2. The van der Waals surface area contributed by atoms with E-state index < -0.39 is 20.7 Å². The number of halogens is 1. The molecular weight excluding hydrogens is 311 g/mol. The van der Waals surface area contributed by atoms with Crippen molar-refractivity contribution in [1.82, 2.24) is 4.72 Å². The minimum Gasteiger partial charge on any atom is -0.493 e. The second kappa shape index (κ2) is 6.80. The van der Waals surface area contributed by atoms with Crippen molar-refractivity contribution >= 4 is 10.0 Å². The van der Waals surface area contributed by atoms with Gasteiger partial charge in [-0.25, -0.2) is 17.5 Å². The summed E-state index contributed by atoms with van der Waals surface area (Å²) in [6.45, 7) is 0.404. The fourth-order valence-electron chi connectivity index (χ4n) is 2.78. The number of nitrogens with one attached hydrogen (secondary N) is 1. The normalized spacial score (nSPS) is 21.8. The fourth-order valence-corrected chi connectivity index (χ4v) is 4.19. The number of methoxy groups -OCH3 is 2. The van der Waals surface area contributed by atoms with Crippen LogP contribution in [0.25, 0.3) is 0 Å². The average molecular weight is 332 g/mol. The summed E-state index contributed by atoms with van der Waals surface area (Å²) >= 11 is 0. The van der Waals surface area contributed by atoms with Crippen molar-refractivity contribution < 1.29 is 22.3 Å². The Balaban J connectivity index is 2.33. The van der Waals surface area contributed by atoms with Crippen LogP contribution in [0.1, 0.15) is 19.3 Å². The van der Waals surface area contributed by atoms with E-state index in [2.05, 4.69) is 4.72 Å². The highest BCUT2D eigenvalue weighted by molar-refractivity contribution is 7.89. The molecule has 2 atom stereocenters. The first-order valence-electron chi connectivity index (χ1n) is 7.07. The van der Waals surface area contributed by atoms with Crippen molar-refractivity contribution in [1.29, 1.82) is 0 Å². The first-order chi connectivity index (χ1) is 10.4. The molecule has 0 saturated heterocycles. The maximum Gasteiger partial charge on any atom is 0.243 e. The van der Waals surface area contributed by atoms with Crippen LogP contribution < -0.4 is 19.9 Å². The van der Waals surface area contributed by atoms with E-state index in [0.29, 0.717) is 13.0 Å². The largest absolute Gasteiger partial charge is 0.493 e. The van der Waals surface area contributed by atoms with Gasteiger partial charge in [-0.15, -0.1) is 0 Å². The van der Waals surface area contributed by atoms with Crippen LogP contribution in [0.5, 0.6) is 11.5 Å². The molecule has 1 aromatic carbocycles. The Morgan fingerprint density at radius 3 is 2.50 bits per heavy atom. The van der Waals surface area contributed by atoms with Crippen LogP contribution in [-0.2, 0) is 10.0 Å². The number of benzene rings is 1. The van der Waals surface area contributed by atoms with Crippen molar-refractivity contribution in [3.63, 3.8) is 0 Å². The predicted octanol–water partition coefficient (Wildman–Crippen LogP) is 1.25. The zero-order chi connectivity index (χ0) is 16.3. The molecule has 124 valence electrons. The Kier molecular flexibility index (Phi) is 5.25. The molecule has 1 fully saturated rings. The number of sulfonamides is 1. The van der Waals surface area contributed by atoms with E-state index in [1.807, 2.05) is 0 Å². The van der Waals surface area contributed by atoms with Gasteiger partial charge in [-0.2, -0.15) is 0 Å². The third kappa shape index (κ3) is 3.34. The third-order valence-electron chi connectivity index (χ3n) is 4.00. The predicted molar refractivity (Wildman–Crippen MR) is 80.0 cm³/mol. The van der Waals surface area contributed by atoms with Gasteiger partial charge >= 0.3 is 0 Å². The lowest BCUT2D eigenvalue weighted by Crippen LogP contribution is -2.40. The number of hydrogen-bond acceptors (Lipinski definition) is 5. The molecule has 0 amide bonds. The van der Waals surface area contributed by atoms with Crippen LogP contribution in [0.3, 0.4) is 0 Å². The van der Waals surface area contributed by atoms with Crippen molar-refractivity contribution in [2.75, 3.05) is 20.8 Å². The van der Waals surface area contributed by atoms with E-state index in [1.165, 1.54) is 14.2 Å². The molecule has 1 aliphatic rings. The van der Waals surface area contributed by atoms with Crippen LogP contribution in [0.2, 0.25) is 0 Å². The second-order valence-corrected chi connectivity index (χ2v) is 6.97. The van der Waals surface area contributed by atoms with Gasteiger partial charge in [0.25, 0.3) is 0 Å². The minimum absolute atomic E-state index is 0.0815. The van der Waals surface area contributed by atoms with Gasteiger partial charge in [0, 0.05) is 18.2 Å². The molecule has 0 aliphatic heterocycles. The van der Waals surface area contributed by atoms with Crippen molar-refractivity contribution in [3.05, 3.63) is 17.9 Å². The van der Waals surface area contributed by atoms with Crippen molar-refractivity contribution in [2.24, 2.45) is 11.7 Å². The Morgan fingerprint density at radius 2 is 1.91 bits per heavy atom. The maximum atomic E-state index is 14.1. The third-order valence-corrected chi connectivity index (χ3v) is 5.50. The van der Waals surface area contributed by atoms with Crippen LogP contribution in [0, 0.1) is 11.7 Å². The Hall–Kier alpha value is -1.38. The molecule has 8 heteroatoms. The van der Waals surface area contributed by atoms with Gasteiger partial charge in [0.1, 0.15) is 10.7 Å². The molecule has 1 saturated carbocycles. The van der Waals surface area contributed by atoms with E-state index in [-0.39, 0.29) is 23.5 Å². The lowest BCUT2D eigenvalue weighted by atomic mass is 10.1. The molecule has 3 N–H and O–H groups in total. The minimum atomic E-state index is -3.99. The molecular formula is C14H21FN2O4S. The van der Waals surface area contributed by atoms with Gasteiger partial charge in [0.2, 0.25) is 10.0 Å². The molecule has 2 rings (SSSR count). The number of hydrogen-bond donors (Lipinski definition) is 2. The first kappa shape index (κ1) is 17.0. The van der Waals surface area contributed by atoms with E-state index in [0.717, 1.165) is 25.0 Å². The molecule has 0 bridgehead atoms. The molecule has 0 aromatic heterocycles. The summed E-state index contributed by atoms with van der Waals surface area (Å²) in [5, 5.41) is 0. The highest BCUT2D eigenvalue weighted by Gasteiger charge is 2.32. The molecule has 1 aliphatic carbocycles. The maximum absolute atomic E-state index is 14.1. The molecule has 2 unspecified atom stereocenters. The van der Waals surface area contributed by atoms with Gasteiger partial charge in [0.05, 0.1) is 14.2 Å². The molecule has 0 heterocycles. The standard InChI is InChI=1S/C14H21FN2O4S/c1-20-12-6-10(15)14(7-13(12)21-2)22(18,19)17-11-5-3-4-9(11)8-16/h6-7,9,11,17H,3-5,8,16H2,1-2H3. The Morgan fingerprint density at radius 1 is 1.27 bits per heavy atom. The van der Waals surface area contributed by atoms with Crippen LogP contribution in [0.4, 0.5) is 4.39 Å². The van der Waals surface area contributed by atoms with Gasteiger partial charge in [-0.05, 0) is 25.3 Å². The summed E-state index contributed by atoms with van der Waals surface area (Å²) in [4.78, 5) is -0.451.